The van der Waals surface area contributed by atoms with Crippen molar-refractivity contribution in [1.82, 2.24) is 10.6 Å². The number of carbonyl (C=O) groups is 1. The quantitative estimate of drug-likeness (QED) is 0.746. The van der Waals surface area contributed by atoms with E-state index in [-0.39, 0.29) is 17.1 Å². The van der Waals surface area contributed by atoms with Gasteiger partial charge < -0.3 is 10.6 Å². The molecular formula is C17H24N4O. The fourth-order valence-electron chi connectivity index (χ4n) is 4.29. The maximum atomic E-state index is 12.5. The van der Waals surface area contributed by atoms with Gasteiger partial charge >= 0.3 is 6.03 Å². The topological polar surface area (TPSA) is 68.2 Å². The number of benzene rings is 1. The monoisotopic (exact) mass is 300 g/mol. The Hall–Kier alpha value is -1.88. The highest BCUT2D eigenvalue weighted by Gasteiger charge is 2.56. The van der Waals surface area contributed by atoms with E-state index in [4.69, 9.17) is 5.41 Å². The Morgan fingerprint density at radius 1 is 1.05 bits per heavy atom. The lowest BCUT2D eigenvalue weighted by atomic mass is 9.70. The van der Waals surface area contributed by atoms with Crippen LogP contribution in [0.1, 0.15) is 40.5 Å². The van der Waals surface area contributed by atoms with E-state index in [0.29, 0.717) is 18.7 Å². The van der Waals surface area contributed by atoms with Crippen molar-refractivity contribution in [3.63, 3.8) is 0 Å². The number of hydrogen-bond acceptors (Lipinski definition) is 3. The van der Waals surface area contributed by atoms with Gasteiger partial charge in [0.15, 0.2) is 0 Å². The predicted octanol–water partition coefficient (Wildman–Crippen LogP) is 2.87. The first-order valence-electron chi connectivity index (χ1n) is 7.70. The van der Waals surface area contributed by atoms with E-state index in [1.165, 1.54) is 4.90 Å². The first-order chi connectivity index (χ1) is 10.1. The van der Waals surface area contributed by atoms with Crippen LogP contribution in [-0.4, -0.2) is 28.5 Å². The van der Waals surface area contributed by atoms with Crippen LogP contribution < -0.4 is 15.5 Å². The molecule has 2 fully saturated rings. The van der Waals surface area contributed by atoms with Crippen LogP contribution in [0.15, 0.2) is 30.3 Å². The van der Waals surface area contributed by atoms with Gasteiger partial charge in [0.05, 0.1) is 5.69 Å². The number of anilines is 1. The fourth-order valence-corrected chi connectivity index (χ4v) is 4.29. The average Bonchev–Trinajstić information content (AvgIpc) is 2.57. The number of urea groups is 1. The maximum absolute atomic E-state index is 12.5. The minimum Gasteiger partial charge on any atom is -0.325 e. The molecule has 2 aliphatic heterocycles. The van der Waals surface area contributed by atoms with E-state index in [2.05, 4.69) is 38.3 Å². The number of para-hydroxylation sites is 1. The summed E-state index contributed by atoms with van der Waals surface area (Å²) < 4.78 is 0. The van der Waals surface area contributed by atoms with Crippen LogP contribution in [0.5, 0.6) is 0 Å². The van der Waals surface area contributed by atoms with Crippen molar-refractivity contribution in [2.45, 2.75) is 57.2 Å². The highest BCUT2D eigenvalue weighted by molar-refractivity contribution is 6.24. The van der Waals surface area contributed by atoms with Gasteiger partial charge in [-0.1, -0.05) is 18.2 Å². The molecule has 1 spiro atoms. The summed E-state index contributed by atoms with van der Waals surface area (Å²) in [6.45, 7) is 8.50. The van der Waals surface area contributed by atoms with E-state index in [1.54, 1.807) is 0 Å². The third-order valence-electron chi connectivity index (χ3n) is 4.40. The van der Waals surface area contributed by atoms with Gasteiger partial charge in [-0.2, -0.15) is 0 Å². The molecule has 2 aliphatic rings. The second kappa shape index (κ2) is 4.56. The van der Waals surface area contributed by atoms with Gasteiger partial charge in [-0.25, -0.2) is 9.69 Å². The van der Waals surface area contributed by atoms with E-state index >= 15 is 0 Å². The zero-order valence-corrected chi connectivity index (χ0v) is 13.7. The van der Waals surface area contributed by atoms with Crippen LogP contribution in [0.2, 0.25) is 0 Å². The van der Waals surface area contributed by atoms with Crippen LogP contribution in [0, 0.1) is 5.41 Å². The largest absolute Gasteiger partial charge is 0.328 e. The van der Waals surface area contributed by atoms with Crippen LogP contribution in [0.25, 0.3) is 0 Å². The summed E-state index contributed by atoms with van der Waals surface area (Å²) in [6, 6.07) is 9.21. The Bertz CT molecular complexity index is 605. The van der Waals surface area contributed by atoms with Crippen molar-refractivity contribution in [1.29, 1.82) is 5.41 Å². The molecule has 0 aromatic heterocycles. The Morgan fingerprint density at radius 3 is 2.14 bits per heavy atom. The van der Waals surface area contributed by atoms with Crippen molar-refractivity contribution in [2.24, 2.45) is 0 Å². The maximum Gasteiger partial charge on any atom is 0.328 e. The zero-order chi connectivity index (χ0) is 16.2. The normalized spacial score (nSPS) is 25.4. The third kappa shape index (κ3) is 2.39. The molecule has 2 amide bonds. The van der Waals surface area contributed by atoms with Crippen LogP contribution in [0.4, 0.5) is 10.5 Å². The Morgan fingerprint density at radius 2 is 1.59 bits per heavy atom. The van der Waals surface area contributed by atoms with Gasteiger partial charge in [-0.15, -0.1) is 0 Å². The molecule has 0 unspecified atom stereocenters. The predicted molar refractivity (Wildman–Crippen MR) is 88.4 cm³/mol. The molecule has 0 bridgehead atoms. The number of carbonyl (C=O) groups excluding carboxylic acids is 1. The number of amides is 2. The lowest BCUT2D eigenvalue weighted by molar-refractivity contribution is 0.127. The fraction of sp³-hybridized carbons (Fsp3) is 0.529. The zero-order valence-electron chi connectivity index (χ0n) is 13.7. The van der Waals surface area contributed by atoms with Gasteiger partial charge in [-0.3, -0.25) is 5.41 Å². The van der Waals surface area contributed by atoms with E-state index in [9.17, 15) is 4.79 Å². The molecule has 5 heteroatoms. The molecule has 1 aromatic carbocycles. The SMILES string of the molecule is CC1(C)CC2(CC(C)(C)N1)NC(=O)N(c1ccccc1)C2=N. The number of nitrogens with one attached hydrogen (secondary N) is 3. The lowest BCUT2D eigenvalue weighted by Gasteiger charge is -2.51. The van der Waals surface area contributed by atoms with Crippen LogP contribution in [0.3, 0.4) is 0 Å². The lowest BCUT2D eigenvalue weighted by Crippen LogP contribution is -2.68. The molecule has 2 saturated heterocycles. The molecule has 3 N–H and O–H groups in total. The Kier molecular flexibility index (Phi) is 3.11. The van der Waals surface area contributed by atoms with Gasteiger partial charge in [-0.05, 0) is 52.7 Å². The number of rotatable bonds is 1. The van der Waals surface area contributed by atoms with E-state index in [1.807, 2.05) is 30.3 Å². The van der Waals surface area contributed by atoms with Gasteiger partial charge in [0, 0.05) is 11.1 Å². The first-order valence-corrected chi connectivity index (χ1v) is 7.70. The second-order valence-electron chi connectivity index (χ2n) is 7.78. The Balaban J connectivity index is 2.00. The number of hydrogen-bond donors (Lipinski definition) is 3. The molecule has 2 heterocycles. The smallest absolute Gasteiger partial charge is 0.325 e. The van der Waals surface area contributed by atoms with Gasteiger partial charge in [0.1, 0.15) is 11.4 Å². The summed E-state index contributed by atoms with van der Waals surface area (Å²) in [5, 5.41) is 15.4. The molecule has 22 heavy (non-hydrogen) atoms. The minimum absolute atomic E-state index is 0.145. The summed E-state index contributed by atoms with van der Waals surface area (Å²) >= 11 is 0. The highest BCUT2D eigenvalue weighted by atomic mass is 16.2. The molecule has 118 valence electrons. The third-order valence-corrected chi connectivity index (χ3v) is 4.40. The van der Waals surface area contributed by atoms with E-state index < -0.39 is 5.54 Å². The Labute approximate surface area is 131 Å². The van der Waals surface area contributed by atoms with Crippen molar-refractivity contribution in [3.05, 3.63) is 30.3 Å². The van der Waals surface area contributed by atoms with Crippen molar-refractivity contribution >= 4 is 17.6 Å². The summed E-state index contributed by atoms with van der Waals surface area (Å²) in [5.41, 5.74) is -0.149. The average molecular weight is 300 g/mol. The van der Waals surface area contributed by atoms with Crippen molar-refractivity contribution in [3.8, 4) is 0 Å². The highest BCUT2D eigenvalue weighted by Crippen LogP contribution is 2.40. The molecule has 0 radical (unpaired) electrons. The first kappa shape index (κ1) is 15.0. The van der Waals surface area contributed by atoms with Crippen molar-refractivity contribution in [2.75, 3.05) is 4.90 Å². The van der Waals surface area contributed by atoms with Gasteiger partial charge in [0.2, 0.25) is 0 Å². The number of amidine groups is 1. The summed E-state index contributed by atoms with van der Waals surface area (Å²) in [7, 11) is 0. The summed E-state index contributed by atoms with van der Waals surface area (Å²) in [5.74, 6) is 0.353. The summed E-state index contributed by atoms with van der Waals surface area (Å²) in [4.78, 5) is 14.0. The van der Waals surface area contributed by atoms with Crippen molar-refractivity contribution < 1.29 is 4.79 Å². The van der Waals surface area contributed by atoms with Gasteiger partial charge in [0.25, 0.3) is 0 Å². The molecule has 0 aliphatic carbocycles. The number of nitrogens with zero attached hydrogens (tertiary/aromatic N) is 1. The second-order valence-corrected chi connectivity index (χ2v) is 7.78. The summed E-state index contributed by atoms with van der Waals surface area (Å²) in [6.07, 6.45) is 1.41. The molecule has 3 rings (SSSR count). The number of piperidine rings is 1. The molecule has 1 aromatic rings. The minimum atomic E-state index is -0.606. The standard InChI is InChI=1S/C17H24N4O/c1-15(2)10-17(11-16(3,4)20-15)13(18)21(14(22)19-17)12-8-6-5-7-9-12/h5-9,18,20H,10-11H2,1-4H3,(H,19,22). The van der Waals surface area contributed by atoms with E-state index in [0.717, 1.165) is 5.69 Å². The van der Waals surface area contributed by atoms with Crippen LogP contribution in [-0.2, 0) is 0 Å². The molecule has 0 atom stereocenters. The van der Waals surface area contributed by atoms with Crippen LogP contribution >= 0.6 is 0 Å². The molecular weight excluding hydrogens is 276 g/mol. The molecule has 0 saturated carbocycles. The molecule has 5 nitrogen and oxygen atoms in total.